The highest BCUT2D eigenvalue weighted by Gasteiger charge is 2.33. The van der Waals surface area contributed by atoms with E-state index in [0.29, 0.717) is 48.3 Å². The fraction of sp³-hybridized carbons (Fsp3) is 0.500. The SMILES string of the molecule is COCCCC1C(=O)Nc2c(C)nc(NCc3ccc(OCC(F)(F)F)nc3)nc2N1C. The molecule has 0 saturated heterocycles. The van der Waals surface area contributed by atoms with Crippen LogP contribution in [-0.2, 0) is 16.1 Å². The molecule has 12 heteroatoms. The first-order valence-electron chi connectivity index (χ1n) is 9.97. The Morgan fingerprint density at radius 2 is 2.06 bits per heavy atom. The van der Waals surface area contributed by atoms with Crippen molar-refractivity contribution in [1.82, 2.24) is 15.0 Å². The van der Waals surface area contributed by atoms with Crippen LogP contribution in [0.15, 0.2) is 18.3 Å². The number of alkyl halides is 3. The van der Waals surface area contributed by atoms with Crippen molar-refractivity contribution in [2.75, 3.05) is 42.9 Å². The first kappa shape index (κ1) is 23.5. The van der Waals surface area contributed by atoms with Crippen LogP contribution in [0.3, 0.4) is 0 Å². The molecule has 1 aliphatic heterocycles. The maximum absolute atomic E-state index is 12.5. The number of hydrogen-bond acceptors (Lipinski definition) is 8. The number of anilines is 3. The van der Waals surface area contributed by atoms with Gasteiger partial charge in [0.2, 0.25) is 17.7 Å². The van der Waals surface area contributed by atoms with E-state index in [1.807, 2.05) is 11.9 Å². The maximum atomic E-state index is 12.5. The van der Waals surface area contributed by atoms with Crippen LogP contribution in [-0.4, -0.2) is 60.4 Å². The minimum Gasteiger partial charge on any atom is -0.468 e. The number of nitrogens with zero attached hydrogens (tertiary/aromatic N) is 4. The Morgan fingerprint density at radius 3 is 2.72 bits per heavy atom. The second kappa shape index (κ2) is 9.98. The summed E-state index contributed by atoms with van der Waals surface area (Å²) in [5.74, 6) is 0.750. The van der Waals surface area contributed by atoms with Gasteiger partial charge in [-0.1, -0.05) is 6.07 Å². The Bertz CT molecular complexity index is 939. The van der Waals surface area contributed by atoms with Crippen LogP contribution in [0.1, 0.15) is 24.1 Å². The second-order valence-corrected chi connectivity index (χ2v) is 7.34. The van der Waals surface area contributed by atoms with E-state index in [0.717, 1.165) is 6.42 Å². The summed E-state index contributed by atoms with van der Waals surface area (Å²) >= 11 is 0. The molecular formula is C20H25F3N6O3. The highest BCUT2D eigenvalue weighted by Crippen LogP contribution is 2.33. The average Bonchev–Trinajstić information content (AvgIpc) is 2.74. The van der Waals surface area contributed by atoms with Crippen molar-refractivity contribution >= 4 is 23.4 Å². The van der Waals surface area contributed by atoms with E-state index < -0.39 is 12.8 Å². The first-order chi connectivity index (χ1) is 15.2. The van der Waals surface area contributed by atoms with Gasteiger partial charge in [-0.15, -0.1) is 0 Å². The number of methoxy groups -OCH3 is 1. The summed E-state index contributed by atoms with van der Waals surface area (Å²) < 4.78 is 46.3. The van der Waals surface area contributed by atoms with Crippen molar-refractivity contribution in [2.24, 2.45) is 0 Å². The number of halogens is 3. The van der Waals surface area contributed by atoms with E-state index in [4.69, 9.17) is 4.74 Å². The third-order valence-corrected chi connectivity index (χ3v) is 4.88. The number of fused-ring (bicyclic) bond motifs is 1. The molecule has 0 radical (unpaired) electrons. The lowest BCUT2D eigenvalue weighted by Crippen LogP contribution is -2.47. The summed E-state index contributed by atoms with van der Waals surface area (Å²) in [4.78, 5) is 27.1. The fourth-order valence-corrected chi connectivity index (χ4v) is 3.25. The summed E-state index contributed by atoms with van der Waals surface area (Å²) in [6, 6.07) is 2.61. The van der Waals surface area contributed by atoms with Crippen molar-refractivity contribution in [3.63, 3.8) is 0 Å². The molecule has 0 aromatic carbocycles. The molecular weight excluding hydrogens is 429 g/mol. The summed E-state index contributed by atoms with van der Waals surface area (Å²) in [5.41, 5.74) is 1.89. The minimum atomic E-state index is -4.42. The van der Waals surface area contributed by atoms with E-state index in [1.54, 1.807) is 20.1 Å². The molecule has 0 aliphatic carbocycles. The summed E-state index contributed by atoms with van der Waals surface area (Å²) in [6.45, 7) is 1.25. The summed E-state index contributed by atoms with van der Waals surface area (Å²) in [7, 11) is 3.43. The van der Waals surface area contributed by atoms with Gasteiger partial charge >= 0.3 is 6.18 Å². The molecule has 174 valence electrons. The third kappa shape index (κ3) is 5.96. The van der Waals surface area contributed by atoms with Gasteiger partial charge in [0, 0.05) is 39.6 Å². The number of ether oxygens (including phenoxy) is 2. The first-order valence-corrected chi connectivity index (χ1v) is 9.97. The van der Waals surface area contributed by atoms with Crippen molar-refractivity contribution in [3.8, 4) is 5.88 Å². The molecule has 32 heavy (non-hydrogen) atoms. The number of aryl methyl sites for hydroxylation is 1. The molecule has 0 fully saturated rings. The number of nitrogens with one attached hydrogen (secondary N) is 2. The molecule has 1 atom stereocenters. The zero-order valence-electron chi connectivity index (χ0n) is 18.0. The number of likely N-dealkylation sites (N-methyl/N-ethyl adjacent to an activating group) is 1. The monoisotopic (exact) mass is 454 g/mol. The molecule has 1 aliphatic rings. The summed E-state index contributed by atoms with van der Waals surface area (Å²) in [5, 5.41) is 5.97. The highest BCUT2D eigenvalue weighted by molar-refractivity contribution is 6.03. The Labute approximate surface area is 183 Å². The molecule has 0 saturated carbocycles. The molecule has 3 heterocycles. The van der Waals surface area contributed by atoms with E-state index in [9.17, 15) is 18.0 Å². The predicted octanol–water partition coefficient (Wildman–Crippen LogP) is 2.92. The maximum Gasteiger partial charge on any atom is 0.422 e. The third-order valence-electron chi connectivity index (χ3n) is 4.88. The number of aromatic nitrogens is 3. The lowest BCUT2D eigenvalue weighted by atomic mass is 10.1. The lowest BCUT2D eigenvalue weighted by Gasteiger charge is -2.34. The second-order valence-electron chi connectivity index (χ2n) is 7.34. The number of pyridine rings is 1. The standard InChI is InChI=1S/C20H25F3N6O3/c1-12-16-17(29(2)14(18(30)27-16)5-4-8-31-3)28-19(26-12)25-10-13-6-7-15(24-9-13)32-11-20(21,22)23/h6-7,9,14H,4-5,8,10-11H2,1-3H3,(H,27,30)(H,25,26,28). The normalized spacial score (nSPS) is 15.9. The van der Waals surface area contributed by atoms with Crippen LogP contribution < -0.4 is 20.3 Å². The van der Waals surface area contributed by atoms with Crippen LogP contribution >= 0.6 is 0 Å². The highest BCUT2D eigenvalue weighted by atomic mass is 19.4. The van der Waals surface area contributed by atoms with Gasteiger partial charge in [-0.25, -0.2) is 9.97 Å². The van der Waals surface area contributed by atoms with Gasteiger partial charge in [-0.2, -0.15) is 18.2 Å². The van der Waals surface area contributed by atoms with Gasteiger partial charge in [0.1, 0.15) is 11.7 Å². The topological polar surface area (TPSA) is 102 Å². The van der Waals surface area contributed by atoms with E-state index in [-0.39, 0.29) is 17.8 Å². The summed E-state index contributed by atoms with van der Waals surface area (Å²) in [6.07, 6.45) is -1.64. The quantitative estimate of drug-likeness (QED) is 0.558. The predicted molar refractivity (Wildman–Crippen MR) is 112 cm³/mol. The van der Waals surface area contributed by atoms with E-state index in [1.165, 1.54) is 12.3 Å². The van der Waals surface area contributed by atoms with Crippen molar-refractivity contribution in [2.45, 2.75) is 38.5 Å². The smallest absolute Gasteiger partial charge is 0.422 e. The Balaban J connectivity index is 1.66. The van der Waals surface area contributed by atoms with Gasteiger partial charge < -0.3 is 25.0 Å². The van der Waals surface area contributed by atoms with Crippen LogP contribution in [0.2, 0.25) is 0 Å². The Morgan fingerprint density at radius 1 is 1.28 bits per heavy atom. The zero-order valence-corrected chi connectivity index (χ0v) is 18.0. The molecule has 2 N–H and O–H groups in total. The number of hydrogen-bond donors (Lipinski definition) is 2. The van der Waals surface area contributed by atoms with Crippen molar-refractivity contribution in [1.29, 1.82) is 0 Å². The molecule has 0 spiro atoms. The van der Waals surface area contributed by atoms with Gasteiger partial charge in [0.15, 0.2) is 12.4 Å². The van der Waals surface area contributed by atoms with E-state index in [2.05, 4.69) is 30.3 Å². The number of rotatable bonds is 9. The number of carbonyl (C=O) groups excluding carboxylic acids is 1. The molecule has 0 bridgehead atoms. The molecule has 1 amide bonds. The average molecular weight is 454 g/mol. The van der Waals surface area contributed by atoms with Gasteiger partial charge in [-0.3, -0.25) is 4.79 Å². The number of amides is 1. The Kier molecular flexibility index (Phi) is 7.33. The largest absolute Gasteiger partial charge is 0.468 e. The number of carbonyl (C=O) groups is 1. The van der Waals surface area contributed by atoms with Crippen LogP contribution in [0.5, 0.6) is 5.88 Å². The van der Waals surface area contributed by atoms with Crippen molar-refractivity contribution in [3.05, 3.63) is 29.6 Å². The van der Waals surface area contributed by atoms with Crippen molar-refractivity contribution < 1.29 is 27.4 Å². The molecule has 9 nitrogen and oxygen atoms in total. The molecule has 3 rings (SSSR count). The van der Waals surface area contributed by atoms with Crippen LogP contribution in [0.4, 0.5) is 30.6 Å². The van der Waals surface area contributed by atoms with Crippen LogP contribution in [0.25, 0.3) is 0 Å². The van der Waals surface area contributed by atoms with Gasteiger partial charge in [0.05, 0.1) is 5.69 Å². The lowest BCUT2D eigenvalue weighted by molar-refractivity contribution is -0.154. The molecule has 2 aromatic heterocycles. The Hall–Kier alpha value is -3.15. The van der Waals surface area contributed by atoms with Gasteiger partial charge in [-0.05, 0) is 25.3 Å². The fourth-order valence-electron chi connectivity index (χ4n) is 3.25. The molecule has 1 unspecified atom stereocenters. The van der Waals surface area contributed by atoms with Gasteiger partial charge in [0.25, 0.3) is 0 Å². The zero-order chi connectivity index (χ0) is 23.3. The minimum absolute atomic E-state index is 0.108. The molecule has 2 aromatic rings. The van der Waals surface area contributed by atoms with Crippen LogP contribution in [0, 0.1) is 6.92 Å². The van der Waals surface area contributed by atoms with E-state index >= 15 is 0 Å².